The van der Waals surface area contributed by atoms with Gasteiger partial charge in [0.05, 0.1) is 17.6 Å². The average molecular weight is 430 g/mol. The predicted molar refractivity (Wildman–Crippen MR) is 111 cm³/mol. The van der Waals surface area contributed by atoms with E-state index in [1.165, 1.54) is 12.1 Å². The van der Waals surface area contributed by atoms with Gasteiger partial charge < -0.3 is 14.5 Å². The highest BCUT2D eigenvalue weighted by Gasteiger charge is 2.24. The smallest absolute Gasteiger partial charge is 0.241 e. The lowest BCUT2D eigenvalue weighted by Crippen LogP contribution is -2.49. The van der Waals surface area contributed by atoms with Crippen LogP contribution in [0.5, 0.6) is 5.75 Å². The van der Waals surface area contributed by atoms with Crippen LogP contribution in [0.3, 0.4) is 0 Å². The van der Waals surface area contributed by atoms with Crippen molar-refractivity contribution in [3.05, 3.63) is 48.2 Å². The molecule has 1 fully saturated rings. The van der Waals surface area contributed by atoms with Crippen LogP contribution < -0.4 is 14.4 Å². The summed E-state index contributed by atoms with van der Waals surface area (Å²) in [6.07, 6.45) is 1.74. The van der Waals surface area contributed by atoms with Gasteiger partial charge in [-0.1, -0.05) is 12.1 Å². The highest BCUT2D eigenvalue weighted by Crippen LogP contribution is 2.25. The number of nitriles is 1. The number of hydrogen-bond acceptors (Lipinski definition) is 7. The molecular formula is C20H23N5O4S. The number of methoxy groups -OCH3 is 1. The van der Waals surface area contributed by atoms with Crippen molar-refractivity contribution >= 4 is 21.7 Å². The molecule has 1 amide bonds. The number of sulfonamides is 1. The first-order valence-electron chi connectivity index (χ1n) is 9.47. The Morgan fingerprint density at radius 1 is 1.20 bits per heavy atom. The van der Waals surface area contributed by atoms with E-state index < -0.39 is 10.0 Å². The fraction of sp³-hybridized carbons (Fsp3) is 0.350. The zero-order valence-corrected chi connectivity index (χ0v) is 17.4. The number of ether oxygens (including phenoxy) is 1. The summed E-state index contributed by atoms with van der Waals surface area (Å²) in [7, 11) is -2.26. The number of pyridine rings is 1. The standard InChI is InChI=1S/C20H23N5O4S/c1-29-17-6-4-9-22-20(17)25-13-11-24(12-14-25)19(26)8-10-23-30(27,28)18-7-3-2-5-16(18)15-21/h2-7,9,23H,8,10-14H2,1H3. The number of piperazine rings is 1. The summed E-state index contributed by atoms with van der Waals surface area (Å²) in [5, 5.41) is 9.08. The van der Waals surface area contributed by atoms with Crippen LogP contribution in [0, 0.1) is 11.3 Å². The van der Waals surface area contributed by atoms with Gasteiger partial charge in [0.25, 0.3) is 0 Å². The third-order valence-electron chi connectivity index (χ3n) is 4.83. The Kier molecular flexibility index (Phi) is 6.87. The second kappa shape index (κ2) is 9.56. The van der Waals surface area contributed by atoms with Crippen LogP contribution in [0.25, 0.3) is 0 Å². The van der Waals surface area contributed by atoms with E-state index in [0.29, 0.717) is 31.9 Å². The van der Waals surface area contributed by atoms with E-state index in [1.807, 2.05) is 12.1 Å². The maximum Gasteiger partial charge on any atom is 0.241 e. The molecule has 0 aliphatic carbocycles. The zero-order chi connectivity index (χ0) is 21.6. The van der Waals surface area contributed by atoms with E-state index in [9.17, 15) is 13.2 Å². The molecule has 0 radical (unpaired) electrons. The molecular weight excluding hydrogens is 406 g/mol. The first kappa shape index (κ1) is 21.5. The highest BCUT2D eigenvalue weighted by molar-refractivity contribution is 7.89. The van der Waals surface area contributed by atoms with Gasteiger partial charge in [0, 0.05) is 45.3 Å². The molecule has 1 aliphatic heterocycles. The molecule has 0 bridgehead atoms. The molecule has 9 nitrogen and oxygen atoms in total. The van der Waals surface area contributed by atoms with Crippen LogP contribution in [0.2, 0.25) is 0 Å². The summed E-state index contributed by atoms with van der Waals surface area (Å²) in [4.78, 5) is 20.5. The molecule has 30 heavy (non-hydrogen) atoms. The number of nitrogens with one attached hydrogen (secondary N) is 1. The van der Waals surface area contributed by atoms with E-state index in [-0.39, 0.29) is 29.3 Å². The number of aromatic nitrogens is 1. The van der Waals surface area contributed by atoms with Crippen molar-refractivity contribution in [3.8, 4) is 11.8 Å². The van der Waals surface area contributed by atoms with Gasteiger partial charge in [0.2, 0.25) is 15.9 Å². The number of rotatable bonds is 7. The summed E-state index contributed by atoms with van der Waals surface area (Å²) < 4.78 is 32.6. The van der Waals surface area contributed by atoms with Crippen LogP contribution in [0.1, 0.15) is 12.0 Å². The lowest BCUT2D eigenvalue weighted by Gasteiger charge is -2.35. The van der Waals surface area contributed by atoms with Crippen molar-refractivity contribution in [1.82, 2.24) is 14.6 Å². The second-order valence-corrected chi connectivity index (χ2v) is 8.39. The minimum atomic E-state index is -3.86. The molecule has 1 saturated heterocycles. The number of hydrogen-bond donors (Lipinski definition) is 1. The number of amides is 1. The van der Waals surface area contributed by atoms with E-state index in [2.05, 4.69) is 14.6 Å². The minimum absolute atomic E-state index is 0.0325. The Labute approximate surface area is 175 Å². The van der Waals surface area contributed by atoms with Crippen LogP contribution in [0.15, 0.2) is 47.5 Å². The van der Waals surface area contributed by atoms with Gasteiger partial charge in [-0.3, -0.25) is 4.79 Å². The van der Waals surface area contributed by atoms with E-state index in [1.54, 1.807) is 36.4 Å². The van der Waals surface area contributed by atoms with Crippen molar-refractivity contribution < 1.29 is 17.9 Å². The summed E-state index contributed by atoms with van der Waals surface area (Å²) in [6, 6.07) is 11.5. The number of carbonyl (C=O) groups excluding carboxylic acids is 1. The fourth-order valence-corrected chi connectivity index (χ4v) is 4.46. The van der Waals surface area contributed by atoms with Crippen LogP contribution in [-0.4, -0.2) is 64.0 Å². The molecule has 10 heteroatoms. The van der Waals surface area contributed by atoms with Crippen molar-refractivity contribution in [2.45, 2.75) is 11.3 Å². The lowest BCUT2D eigenvalue weighted by molar-refractivity contribution is -0.131. The molecule has 1 aromatic heterocycles. The first-order valence-corrected chi connectivity index (χ1v) is 10.9. The normalized spacial score (nSPS) is 14.3. The first-order chi connectivity index (χ1) is 14.5. The van der Waals surface area contributed by atoms with Gasteiger partial charge >= 0.3 is 0 Å². The van der Waals surface area contributed by atoms with Crippen LogP contribution in [0.4, 0.5) is 5.82 Å². The highest BCUT2D eigenvalue weighted by atomic mass is 32.2. The molecule has 158 valence electrons. The summed E-state index contributed by atoms with van der Waals surface area (Å²) in [5.74, 6) is 1.30. The molecule has 1 aliphatic rings. The average Bonchev–Trinajstić information content (AvgIpc) is 2.79. The summed E-state index contributed by atoms with van der Waals surface area (Å²) >= 11 is 0. The maximum absolute atomic E-state index is 12.5. The topological polar surface area (TPSA) is 116 Å². The van der Waals surface area contributed by atoms with Crippen molar-refractivity contribution in [1.29, 1.82) is 5.26 Å². The molecule has 2 aromatic rings. The Morgan fingerprint density at radius 2 is 1.93 bits per heavy atom. The van der Waals surface area contributed by atoms with Gasteiger partial charge in [0.15, 0.2) is 11.6 Å². The molecule has 1 N–H and O–H groups in total. The molecule has 2 heterocycles. The Morgan fingerprint density at radius 3 is 2.63 bits per heavy atom. The Hall–Kier alpha value is -3.16. The quantitative estimate of drug-likeness (QED) is 0.697. The van der Waals surface area contributed by atoms with Crippen LogP contribution >= 0.6 is 0 Å². The molecule has 0 saturated carbocycles. The van der Waals surface area contributed by atoms with E-state index in [4.69, 9.17) is 10.00 Å². The molecule has 0 unspecified atom stereocenters. The van der Waals surface area contributed by atoms with Crippen molar-refractivity contribution in [3.63, 3.8) is 0 Å². The number of benzene rings is 1. The molecule has 3 rings (SSSR count). The molecule has 0 atom stereocenters. The van der Waals surface area contributed by atoms with Crippen molar-refractivity contribution in [2.75, 3.05) is 44.7 Å². The van der Waals surface area contributed by atoms with E-state index in [0.717, 1.165) is 5.82 Å². The van der Waals surface area contributed by atoms with Gasteiger partial charge in [0.1, 0.15) is 6.07 Å². The maximum atomic E-state index is 12.5. The minimum Gasteiger partial charge on any atom is -0.493 e. The Balaban J connectivity index is 1.51. The van der Waals surface area contributed by atoms with Gasteiger partial charge in [-0.25, -0.2) is 18.1 Å². The van der Waals surface area contributed by atoms with Gasteiger partial charge in [-0.15, -0.1) is 0 Å². The van der Waals surface area contributed by atoms with Gasteiger partial charge in [-0.05, 0) is 24.3 Å². The SMILES string of the molecule is COc1cccnc1N1CCN(C(=O)CCNS(=O)(=O)c2ccccc2C#N)CC1. The Bertz CT molecular complexity index is 1040. The summed E-state index contributed by atoms with van der Waals surface area (Å²) in [6.45, 7) is 2.22. The zero-order valence-electron chi connectivity index (χ0n) is 16.6. The summed E-state index contributed by atoms with van der Waals surface area (Å²) in [5.41, 5.74) is 0.0670. The van der Waals surface area contributed by atoms with Crippen molar-refractivity contribution in [2.24, 2.45) is 0 Å². The number of carbonyl (C=O) groups is 1. The van der Waals surface area contributed by atoms with Gasteiger partial charge in [-0.2, -0.15) is 5.26 Å². The predicted octanol–water partition coefficient (Wildman–Crippen LogP) is 0.979. The van der Waals surface area contributed by atoms with Crippen LogP contribution in [-0.2, 0) is 14.8 Å². The van der Waals surface area contributed by atoms with E-state index >= 15 is 0 Å². The number of anilines is 1. The number of nitrogens with zero attached hydrogens (tertiary/aromatic N) is 4. The monoisotopic (exact) mass is 429 g/mol. The molecule has 1 aromatic carbocycles. The lowest BCUT2D eigenvalue weighted by atomic mass is 10.2. The fourth-order valence-electron chi connectivity index (χ4n) is 3.27. The third-order valence-corrected chi connectivity index (χ3v) is 6.35. The largest absolute Gasteiger partial charge is 0.493 e. The second-order valence-electron chi connectivity index (χ2n) is 6.65. The molecule has 0 spiro atoms. The third kappa shape index (κ3) is 4.87.